The number of para-hydroxylation sites is 2. The van der Waals surface area contributed by atoms with Gasteiger partial charge < -0.3 is 0 Å². The quantitative estimate of drug-likeness (QED) is 0.174. The minimum atomic E-state index is -0.399. The third kappa shape index (κ3) is 4.86. The zero-order valence-corrected chi connectivity index (χ0v) is 33.6. The maximum Gasteiger partial charge on any atom is 0.238 e. The molecule has 62 heavy (non-hydrogen) atoms. The first-order valence-corrected chi connectivity index (χ1v) is 21.2. The van der Waals surface area contributed by atoms with Gasteiger partial charge in [-0.1, -0.05) is 206 Å². The molecule has 0 bridgehead atoms. The summed E-state index contributed by atoms with van der Waals surface area (Å²) in [5, 5.41) is 2.28. The Morgan fingerprint density at radius 3 is 1.50 bits per heavy atom. The lowest BCUT2D eigenvalue weighted by Gasteiger charge is -2.30. The van der Waals surface area contributed by atoms with E-state index < -0.39 is 5.41 Å². The molecule has 4 nitrogen and oxygen atoms in total. The van der Waals surface area contributed by atoms with E-state index in [1.807, 2.05) is 24.3 Å². The van der Waals surface area contributed by atoms with Crippen LogP contribution in [-0.2, 0) is 5.41 Å². The summed E-state index contributed by atoms with van der Waals surface area (Å²) >= 11 is 0. The van der Waals surface area contributed by atoms with Crippen LogP contribution < -0.4 is 0 Å². The molecule has 0 saturated carbocycles. The van der Waals surface area contributed by atoms with Crippen LogP contribution in [0.4, 0.5) is 0 Å². The van der Waals surface area contributed by atoms with Crippen LogP contribution >= 0.6 is 0 Å². The second-order valence-electron chi connectivity index (χ2n) is 16.3. The van der Waals surface area contributed by atoms with Crippen molar-refractivity contribution in [2.24, 2.45) is 0 Å². The molecule has 0 saturated heterocycles. The number of benzene rings is 9. The van der Waals surface area contributed by atoms with Crippen molar-refractivity contribution in [2.45, 2.75) is 5.41 Å². The summed E-state index contributed by atoms with van der Waals surface area (Å²) in [5.74, 6) is 1.81. The molecule has 11 aromatic rings. The van der Waals surface area contributed by atoms with Gasteiger partial charge in [0.05, 0.1) is 16.4 Å². The highest BCUT2D eigenvalue weighted by atomic mass is 15.2. The molecule has 0 radical (unpaired) electrons. The van der Waals surface area contributed by atoms with E-state index in [9.17, 15) is 0 Å². The lowest BCUT2D eigenvalue weighted by atomic mass is 9.70. The summed E-state index contributed by atoms with van der Waals surface area (Å²) in [6, 6.07) is 78.5. The monoisotopic (exact) mass is 788 g/mol. The predicted molar refractivity (Wildman–Crippen MR) is 252 cm³/mol. The third-order valence-electron chi connectivity index (χ3n) is 13.1. The Morgan fingerprint density at radius 2 is 0.806 bits per heavy atom. The highest BCUT2D eigenvalue weighted by molar-refractivity contribution is 6.14. The molecule has 0 aliphatic heterocycles. The van der Waals surface area contributed by atoms with Crippen molar-refractivity contribution in [3.05, 3.63) is 241 Å². The zero-order chi connectivity index (χ0) is 40.8. The molecule has 2 heterocycles. The van der Waals surface area contributed by atoms with Crippen molar-refractivity contribution in [1.82, 2.24) is 19.5 Å². The Hall–Kier alpha value is -8.21. The Labute approximate surface area is 359 Å². The summed E-state index contributed by atoms with van der Waals surface area (Å²) in [5.41, 5.74) is 18.5. The number of rotatable bonds is 5. The predicted octanol–water partition coefficient (Wildman–Crippen LogP) is 14.0. The average Bonchev–Trinajstić information content (AvgIpc) is 3.96. The first-order chi connectivity index (χ1) is 30.8. The van der Waals surface area contributed by atoms with E-state index in [2.05, 4.69) is 199 Å². The van der Waals surface area contributed by atoms with Gasteiger partial charge in [-0.3, -0.25) is 4.57 Å². The van der Waals surface area contributed by atoms with E-state index in [0.717, 1.165) is 55.2 Å². The fourth-order valence-electron chi connectivity index (χ4n) is 10.6. The molecule has 1 spiro atoms. The number of aromatic nitrogens is 4. The standard InChI is InChI=1S/C58H36N4/c1-3-18-37(19-4-1)40-22-7-8-27-47(40)56-59-55(38-20-5-2-6-21-38)60-57(61-56)62-53-33-16-12-26-45(53)46-29-17-28-41(54(46)62)39-34-35-52-48(36-39)44-25-11-15-32-51(44)58(52)49-30-13-9-23-42(49)43-24-10-14-31-50(43)58/h1-36H. The van der Waals surface area contributed by atoms with Crippen LogP contribution in [0, 0.1) is 0 Å². The first kappa shape index (κ1) is 34.6. The molecule has 13 rings (SSSR count). The number of hydrogen-bond acceptors (Lipinski definition) is 3. The lowest BCUT2D eigenvalue weighted by Crippen LogP contribution is -2.25. The molecule has 9 aromatic carbocycles. The van der Waals surface area contributed by atoms with Gasteiger partial charge in [0.25, 0.3) is 0 Å². The van der Waals surface area contributed by atoms with Gasteiger partial charge >= 0.3 is 0 Å². The van der Waals surface area contributed by atoms with Crippen molar-refractivity contribution < 1.29 is 0 Å². The lowest BCUT2D eigenvalue weighted by molar-refractivity contribution is 0.794. The van der Waals surface area contributed by atoms with E-state index in [4.69, 9.17) is 15.0 Å². The van der Waals surface area contributed by atoms with Gasteiger partial charge in [-0.25, -0.2) is 4.98 Å². The molecular formula is C58H36N4. The fraction of sp³-hybridized carbons (Fsp3) is 0.0172. The number of nitrogens with zero attached hydrogens (tertiary/aromatic N) is 4. The van der Waals surface area contributed by atoms with Crippen LogP contribution in [0.2, 0.25) is 0 Å². The van der Waals surface area contributed by atoms with Gasteiger partial charge in [0.15, 0.2) is 11.6 Å². The minimum absolute atomic E-state index is 0.399. The summed E-state index contributed by atoms with van der Waals surface area (Å²) in [7, 11) is 0. The summed E-state index contributed by atoms with van der Waals surface area (Å²) < 4.78 is 2.26. The normalized spacial score (nSPS) is 13.0. The van der Waals surface area contributed by atoms with Gasteiger partial charge in [-0.05, 0) is 73.3 Å². The average molecular weight is 789 g/mol. The smallest absolute Gasteiger partial charge is 0.238 e. The first-order valence-electron chi connectivity index (χ1n) is 21.2. The van der Waals surface area contributed by atoms with E-state index in [0.29, 0.717) is 17.6 Å². The molecular weight excluding hydrogens is 753 g/mol. The van der Waals surface area contributed by atoms with Crippen LogP contribution in [0.3, 0.4) is 0 Å². The third-order valence-corrected chi connectivity index (χ3v) is 13.1. The Morgan fingerprint density at radius 1 is 0.306 bits per heavy atom. The molecule has 2 aromatic heterocycles. The second kappa shape index (κ2) is 13.4. The molecule has 0 atom stereocenters. The fourth-order valence-corrected chi connectivity index (χ4v) is 10.6. The van der Waals surface area contributed by atoms with Gasteiger partial charge in [0.2, 0.25) is 5.95 Å². The van der Waals surface area contributed by atoms with Crippen molar-refractivity contribution in [1.29, 1.82) is 0 Å². The van der Waals surface area contributed by atoms with Gasteiger partial charge in [0, 0.05) is 27.5 Å². The van der Waals surface area contributed by atoms with Crippen molar-refractivity contribution in [3.63, 3.8) is 0 Å². The van der Waals surface area contributed by atoms with Crippen LogP contribution in [0.5, 0.6) is 0 Å². The maximum absolute atomic E-state index is 5.41. The summed E-state index contributed by atoms with van der Waals surface area (Å²) in [4.78, 5) is 15.9. The molecule has 4 heteroatoms. The van der Waals surface area contributed by atoms with Gasteiger partial charge in [-0.2, -0.15) is 9.97 Å². The zero-order valence-electron chi connectivity index (χ0n) is 33.6. The van der Waals surface area contributed by atoms with E-state index >= 15 is 0 Å². The Balaban J connectivity index is 1.07. The van der Waals surface area contributed by atoms with E-state index in [1.54, 1.807) is 0 Å². The second-order valence-corrected chi connectivity index (χ2v) is 16.3. The summed E-state index contributed by atoms with van der Waals surface area (Å²) in [6.07, 6.45) is 0. The van der Waals surface area contributed by atoms with Crippen molar-refractivity contribution in [3.8, 4) is 73.2 Å². The largest absolute Gasteiger partial charge is 0.277 e. The van der Waals surface area contributed by atoms with Crippen molar-refractivity contribution in [2.75, 3.05) is 0 Å². The summed E-state index contributed by atoms with van der Waals surface area (Å²) in [6.45, 7) is 0. The molecule has 0 fully saturated rings. The molecule has 2 aliphatic rings. The Bertz CT molecular complexity index is 3540. The van der Waals surface area contributed by atoms with E-state index in [-0.39, 0.29) is 0 Å². The highest BCUT2D eigenvalue weighted by Gasteiger charge is 2.51. The van der Waals surface area contributed by atoms with Crippen LogP contribution in [0.1, 0.15) is 22.3 Å². The van der Waals surface area contributed by atoms with E-state index in [1.165, 1.54) is 44.5 Å². The SMILES string of the molecule is c1ccc(-c2nc(-c3ccccc3-c3ccccc3)nc(-n3c4ccccc4c4cccc(-c5ccc6c(c5)-c5ccccc5C65c6ccccc6-c6ccccc65)c43)n2)cc1. The molecule has 0 amide bonds. The Kier molecular flexibility index (Phi) is 7.49. The maximum atomic E-state index is 5.41. The van der Waals surface area contributed by atoms with Crippen LogP contribution in [-0.4, -0.2) is 19.5 Å². The minimum Gasteiger partial charge on any atom is -0.277 e. The molecule has 2 aliphatic carbocycles. The molecule has 288 valence electrons. The van der Waals surface area contributed by atoms with Crippen LogP contribution in [0.15, 0.2) is 218 Å². The molecule has 0 N–H and O–H groups in total. The number of fused-ring (bicyclic) bond motifs is 13. The topological polar surface area (TPSA) is 43.6 Å². The highest BCUT2D eigenvalue weighted by Crippen LogP contribution is 2.63. The van der Waals surface area contributed by atoms with Gasteiger partial charge in [-0.15, -0.1) is 0 Å². The van der Waals surface area contributed by atoms with Crippen LogP contribution in [0.25, 0.3) is 95.0 Å². The molecule has 0 unspecified atom stereocenters. The van der Waals surface area contributed by atoms with Crippen molar-refractivity contribution >= 4 is 21.8 Å². The number of hydrogen-bond donors (Lipinski definition) is 0. The van der Waals surface area contributed by atoms with Gasteiger partial charge in [0.1, 0.15) is 0 Å².